The third-order valence-corrected chi connectivity index (χ3v) is 4.52. The number of rotatable bonds is 5. The Hall–Kier alpha value is -3.47. The average molecular weight is 435 g/mol. The van der Waals surface area contributed by atoms with Crippen LogP contribution in [-0.4, -0.2) is 42.5 Å². The summed E-state index contributed by atoms with van der Waals surface area (Å²) in [5.41, 5.74) is 1.71. The predicted molar refractivity (Wildman–Crippen MR) is 105 cm³/mol. The molecule has 0 amide bonds. The number of halogens is 4. The summed E-state index contributed by atoms with van der Waals surface area (Å²) < 4.78 is 64.4. The number of nitrogens with zero attached hydrogens (tertiary/aromatic N) is 4. The van der Waals surface area contributed by atoms with Crippen LogP contribution in [0.2, 0.25) is 0 Å². The van der Waals surface area contributed by atoms with Gasteiger partial charge in [0.1, 0.15) is 11.5 Å². The molecule has 3 aromatic rings. The van der Waals surface area contributed by atoms with Crippen molar-refractivity contribution in [2.45, 2.75) is 6.18 Å². The first-order valence-electron chi connectivity index (χ1n) is 9.32. The van der Waals surface area contributed by atoms with Gasteiger partial charge in [0.15, 0.2) is 11.6 Å². The predicted octanol–water partition coefficient (Wildman–Crippen LogP) is 4.18. The van der Waals surface area contributed by atoms with Gasteiger partial charge in [0, 0.05) is 18.7 Å². The van der Waals surface area contributed by atoms with Gasteiger partial charge in [-0.1, -0.05) is 18.2 Å². The molecule has 1 N–H and O–H groups in total. The van der Waals surface area contributed by atoms with E-state index in [1.807, 2.05) is 0 Å². The summed E-state index contributed by atoms with van der Waals surface area (Å²) >= 11 is 0. The van der Waals surface area contributed by atoms with E-state index >= 15 is 0 Å². The van der Waals surface area contributed by atoms with Crippen molar-refractivity contribution in [3.8, 4) is 11.3 Å². The number of anilines is 2. The molecule has 162 valence electrons. The summed E-state index contributed by atoms with van der Waals surface area (Å²) in [5.74, 6) is -0.0826. The van der Waals surface area contributed by atoms with E-state index in [9.17, 15) is 17.6 Å². The zero-order valence-electron chi connectivity index (χ0n) is 16.1. The van der Waals surface area contributed by atoms with Gasteiger partial charge in [-0.15, -0.1) is 0 Å². The zero-order valence-corrected chi connectivity index (χ0v) is 16.1. The van der Waals surface area contributed by atoms with Crippen molar-refractivity contribution >= 4 is 18.0 Å². The van der Waals surface area contributed by atoms with E-state index in [1.165, 1.54) is 36.5 Å². The number of hydrogen-bond acceptors (Lipinski definition) is 7. The van der Waals surface area contributed by atoms with Crippen LogP contribution in [0.4, 0.5) is 29.3 Å². The average Bonchev–Trinajstić information content (AvgIpc) is 3.24. The highest BCUT2D eigenvalue weighted by atomic mass is 19.4. The fraction of sp³-hybridized carbons (Fsp3) is 0.250. The fourth-order valence-electron chi connectivity index (χ4n) is 3.07. The van der Waals surface area contributed by atoms with E-state index in [-0.39, 0.29) is 28.9 Å². The molecule has 3 heterocycles. The second-order valence-electron chi connectivity index (χ2n) is 6.58. The fourth-order valence-corrected chi connectivity index (χ4v) is 3.07. The van der Waals surface area contributed by atoms with Crippen LogP contribution in [0.1, 0.15) is 11.3 Å². The monoisotopic (exact) mass is 435 g/mol. The molecular formula is C20H17F4N5O2. The van der Waals surface area contributed by atoms with Crippen LogP contribution in [0.25, 0.3) is 11.3 Å². The molecular weight excluding hydrogens is 418 g/mol. The molecule has 0 atom stereocenters. The first kappa shape index (κ1) is 20.8. The normalized spacial score (nSPS) is 14.9. The van der Waals surface area contributed by atoms with E-state index in [1.54, 1.807) is 4.90 Å². The summed E-state index contributed by atoms with van der Waals surface area (Å²) in [5, 5.41) is 3.92. The second kappa shape index (κ2) is 8.72. The topological polar surface area (TPSA) is 75.8 Å². The van der Waals surface area contributed by atoms with Gasteiger partial charge in [0.2, 0.25) is 5.95 Å². The smallest absolute Gasteiger partial charge is 0.417 e. The quantitative estimate of drug-likeness (QED) is 0.368. The molecule has 1 fully saturated rings. The van der Waals surface area contributed by atoms with Crippen molar-refractivity contribution in [2.24, 2.45) is 5.10 Å². The van der Waals surface area contributed by atoms with E-state index in [0.29, 0.717) is 26.3 Å². The van der Waals surface area contributed by atoms with Crippen LogP contribution in [0.3, 0.4) is 0 Å². The SMILES string of the molecule is Fc1cnc(N/N=C/c2ccc(-c3ccccc3C(F)(F)F)o2)nc1N1CCOCC1. The standard InChI is InChI=1S/C20H17F4N5O2/c21-16-12-25-19(27-18(16)29-7-9-30-10-8-29)28-26-11-13-5-6-17(31-13)14-3-1-2-4-15(14)20(22,23)24/h1-6,11-12H,7-10H2,(H,25,27,28)/b26-11+. The lowest BCUT2D eigenvalue weighted by Crippen LogP contribution is -2.37. The summed E-state index contributed by atoms with van der Waals surface area (Å²) in [4.78, 5) is 9.70. The molecule has 0 aliphatic carbocycles. The third kappa shape index (κ3) is 4.82. The van der Waals surface area contributed by atoms with Gasteiger partial charge >= 0.3 is 6.18 Å². The number of hydrazone groups is 1. The van der Waals surface area contributed by atoms with Gasteiger partial charge < -0.3 is 14.1 Å². The Morgan fingerprint density at radius 2 is 1.87 bits per heavy atom. The van der Waals surface area contributed by atoms with Gasteiger partial charge in [-0.2, -0.15) is 23.3 Å². The lowest BCUT2D eigenvalue weighted by Gasteiger charge is -2.27. The Morgan fingerprint density at radius 1 is 1.10 bits per heavy atom. The van der Waals surface area contributed by atoms with Crippen LogP contribution < -0.4 is 10.3 Å². The molecule has 0 saturated carbocycles. The van der Waals surface area contributed by atoms with E-state index in [4.69, 9.17) is 9.15 Å². The third-order valence-electron chi connectivity index (χ3n) is 4.52. The Bertz CT molecular complexity index is 1080. The Morgan fingerprint density at radius 3 is 2.65 bits per heavy atom. The Kier molecular flexibility index (Phi) is 5.85. The van der Waals surface area contributed by atoms with Crippen LogP contribution in [0.15, 0.2) is 52.1 Å². The molecule has 11 heteroatoms. The van der Waals surface area contributed by atoms with Crippen molar-refractivity contribution < 1.29 is 26.7 Å². The maximum Gasteiger partial charge on any atom is 0.417 e. The summed E-state index contributed by atoms with van der Waals surface area (Å²) in [6.07, 6.45) is -2.20. The number of alkyl halides is 3. The first-order chi connectivity index (χ1) is 14.9. The van der Waals surface area contributed by atoms with Crippen LogP contribution in [-0.2, 0) is 10.9 Å². The van der Waals surface area contributed by atoms with Gasteiger partial charge in [-0.05, 0) is 18.2 Å². The summed E-state index contributed by atoms with van der Waals surface area (Å²) in [6, 6.07) is 8.05. The number of ether oxygens (including phenoxy) is 1. The molecule has 7 nitrogen and oxygen atoms in total. The lowest BCUT2D eigenvalue weighted by atomic mass is 10.1. The van der Waals surface area contributed by atoms with Crippen molar-refractivity contribution in [1.29, 1.82) is 0 Å². The highest BCUT2D eigenvalue weighted by molar-refractivity contribution is 5.78. The largest absolute Gasteiger partial charge is 0.455 e. The second-order valence-corrected chi connectivity index (χ2v) is 6.58. The molecule has 4 rings (SSSR count). The number of aromatic nitrogens is 2. The lowest BCUT2D eigenvalue weighted by molar-refractivity contribution is -0.137. The number of nitrogens with one attached hydrogen (secondary N) is 1. The molecule has 2 aromatic heterocycles. The maximum absolute atomic E-state index is 14.1. The van der Waals surface area contributed by atoms with Crippen molar-refractivity contribution in [1.82, 2.24) is 9.97 Å². The number of furan rings is 1. The molecule has 0 radical (unpaired) electrons. The highest BCUT2D eigenvalue weighted by Crippen LogP contribution is 2.37. The van der Waals surface area contributed by atoms with Crippen molar-refractivity contribution in [3.63, 3.8) is 0 Å². The van der Waals surface area contributed by atoms with E-state index in [2.05, 4.69) is 20.5 Å². The molecule has 31 heavy (non-hydrogen) atoms. The molecule has 1 aromatic carbocycles. The highest BCUT2D eigenvalue weighted by Gasteiger charge is 2.34. The van der Waals surface area contributed by atoms with Gasteiger partial charge in [0.25, 0.3) is 0 Å². The van der Waals surface area contributed by atoms with Crippen molar-refractivity contribution in [3.05, 3.63) is 59.7 Å². The van der Waals surface area contributed by atoms with Crippen LogP contribution in [0, 0.1) is 5.82 Å². The number of hydrogen-bond donors (Lipinski definition) is 1. The van der Waals surface area contributed by atoms with Gasteiger partial charge in [-0.25, -0.2) is 14.8 Å². The zero-order chi connectivity index (χ0) is 21.8. The van der Waals surface area contributed by atoms with Crippen LogP contribution in [0.5, 0.6) is 0 Å². The summed E-state index contributed by atoms with van der Waals surface area (Å²) in [6.45, 7) is 1.96. The summed E-state index contributed by atoms with van der Waals surface area (Å²) in [7, 11) is 0. The molecule has 1 aliphatic rings. The number of morpholine rings is 1. The van der Waals surface area contributed by atoms with E-state index < -0.39 is 17.6 Å². The molecule has 0 unspecified atom stereocenters. The number of benzene rings is 1. The minimum Gasteiger partial charge on any atom is -0.455 e. The van der Waals surface area contributed by atoms with Crippen LogP contribution >= 0.6 is 0 Å². The minimum absolute atomic E-state index is 0.0574. The molecule has 0 spiro atoms. The van der Waals surface area contributed by atoms with Gasteiger partial charge in [-0.3, -0.25) is 0 Å². The Balaban J connectivity index is 1.47. The first-order valence-corrected chi connectivity index (χ1v) is 9.32. The maximum atomic E-state index is 14.1. The minimum atomic E-state index is -4.50. The molecule has 1 saturated heterocycles. The van der Waals surface area contributed by atoms with E-state index in [0.717, 1.165) is 12.3 Å². The Labute approximate surface area is 174 Å². The molecule has 1 aliphatic heterocycles. The van der Waals surface area contributed by atoms with Crippen molar-refractivity contribution in [2.75, 3.05) is 36.6 Å². The van der Waals surface area contributed by atoms with Gasteiger partial charge in [0.05, 0.1) is 31.2 Å². The molecule has 0 bridgehead atoms.